The number of nitrogens with zero attached hydrogens (tertiary/aromatic N) is 5. The van der Waals surface area contributed by atoms with E-state index in [4.69, 9.17) is 39.9 Å². The van der Waals surface area contributed by atoms with Crippen molar-refractivity contribution in [3.63, 3.8) is 0 Å². The van der Waals surface area contributed by atoms with Crippen LogP contribution in [0.4, 0.5) is 17.2 Å². The van der Waals surface area contributed by atoms with Gasteiger partial charge in [-0.15, -0.1) is 0 Å². The molecule has 0 bridgehead atoms. The molecule has 2 aromatic carbocycles. The first kappa shape index (κ1) is 34.2. The van der Waals surface area contributed by atoms with Gasteiger partial charge in [0.15, 0.2) is 0 Å². The molecule has 41 heavy (non-hydrogen) atoms. The molecule has 4 aromatic rings. The normalized spacial score (nSPS) is 12.7. The summed E-state index contributed by atoms with van der Waals surface area (Å²) in [6.45, 7) is 4.51. The summed E-state index contributed by atoms with van der Waals surface area (Å²) in [5.74, 6) is 0.872. The first-order chi connectivity index (χ1) is 19.5. The zero-order chi connectivity index (χ0) is 28.6. The van der Waals surface area contributed by atoms with Crippen LogP contribution in [0.5, 0.6) is 0 Å². The van der Waals surface area contributed by atoms with E-state index in [1.165, 1.54) is 41.5 Å². The molecule has 0 saturated carbocycles. The summed E-state index contributed by atoms with van der Waals surface area (Å²) in [6.07, 6.45) is 10.0. The summed E-state index contributed by atoms with van der Waals surface area (Å²) in [6, 6.07) is 20.4. The molecule has 0 unspecified atom stereocenters. The van der Waals surface area contributed by atoms with Gasteiger partial charge in [-0.2, -0.15) is 0 Å². The van der Waals surface area contributed by atoms with Crippen molar-refractivity contribution in [1.82, 2.24) is 19.9 Å². The van der Waals surface area contributed by atoms with E-state index in [1.54, 1.807) is 12.3 Å². The van der Waals surface area contributed by atoms with E-state index >= 15 is 0 Å². The minimum absolute atomic E-state index is 0. The van der Waals surface area contributed by atoms with Crippen LogP contribution in [-0.2, 0) is 12.8 Å². The Morgan fingerprint density at radius 3 is 2.10 bits per heavy atom. The number of aliphatic hydroxyl groups excluding tert-OH is 1. The average molecular weight is 618 g/mol. The molecule has 0 fully saturated rings. The van der Waals surface area contributed by atoms with Crippen LogP contribution in [0.1, 0.15) is 51.2 Å². The number of aryl methyl sites for hydroxylation is 2. The Bertz CT molecular complexity index is 1270. The molecule has 7 nitrogen and oxygen atoms in total. The number of nitrogens with one attached hydrogen (secondary N) is 1. The average Bonchev–Trinajstić information content (AvgIpc) is 2.98. The molecule has 0 aliphatic carbocycles. The van der Waals surface area contributed by atoms with Gasteiger partial charge in [-0.1, -0.05) is 68.8 Å². The van der Waals surface area contributed by atoms with Gasteiger partial charge in [0.2, 0.25) is 10.6 Å². The Hall–Kier alpha value is -2.97. The minimum Gasteiger partial charge on any atom is -0.396 e. The second kappa shape index (κ2) is 19.2. The molecule has 2 aliphatic rings. The maximum absolute atomic E-state index is 8.07. The summed E-state index contributed by atoms with van der Waals surface area (Å²) < 4.78 is 0. The molecule has 0 atom stereocenters. The number of rotatable bonds is 3. The Morgan fingerprint density at radius 2 is 1.49 bits per heavy atom. The number of aromatic nitrogens is 4. The van der Waals surface area contributed by atoms with Gasteiger partial charge in [0.25, 0.3) is 0 Å². The summed E-state index contributed by atoms with van der Waals surface area (Å²) in [4.78, 5) is 17.6. The molecular formula is C31H39Cl3N6O. The molecule has 0 spiro atoms. The predicted molar refractivity (Wildman–Crippen MR) is 173 cm³/mol. The van der Waals surface area contributed by atoms with Crippen LogP contribution >= 0.6 is 34.8 Å². The molecule has 2 N–H and O–H groups in total. The van der Waals surface area contributed by atoms with Gasteiger partial charge in [0.1, 0.15) is 11.0 Å². The lowest BCUT2D eigenvalue weighted by atomic mass is 10.0. The van der Waals surface area contributed by atoms with Crippen LogP contribution in [0.2, 0.25) is 15.7 Å². The molecule has 2 aromatic heterocycles. The van der Waals surface area contributed by atoms with Crippen molar-refractivity contribution >= 4 is 52.0 Å². The van der Waals surface area contributed by atoms with E-state index < -0.39 is 0 Å². The number of aliphatic hydroxyl groups is 1. The summed E-state index contributed by atoms with van der Waals surface area (Å²) in [5, 5.41) is 12.3. The highest BCUT2D eigenvalue weighted by Gasteiger charge is 2.18. The monoisotopic (exact) mass is 616 g/mol. The van der Waals surface area contributed by atoms with Crippen molar-refractivity contribution < 1.29 is 5.11 Å². The third kappa shape index (κ3) is 11.8. The number of halogens is 3. The van der Waals surface area contributed by atoms with Gasteiger partial charge < -0.3 is 15.3 Å². The van der Waals surface area contributed by atoms with Crippen molar-refractivity contribution in [2.24, 2.45) is 0 Å². The van der Waals surface area contributed by atoms with Crippen molar-refractivity contribution in [2.45, 2.75) is 52.9 Å². The smallest absolute Gasteiger partial charge is 0.224 e. The lowest BCUT2D eigenvalue weighted by Crippen LogP contribution is -2.25. The van der Waals surface area contributed by atoms with Crippen LogP contribution in [0, 0.1) is 0 Å². The topological polar surface area (TPSA) is 87.1 Å². The number of hydrogen-bond donors (Lipinski definition) is 2. The summed E-state index contributed by atoms with van der Waals surface area (Å²) >= 11 is 16.6. The molecule has 6 rings (SSSR count). The van der Waals surface area contributed by atoms with E-state index in [0.717, 1.165) is 44.6 Å². The lowest BCUT2D eigenvalue weighted by molar-refractivity contribution is 0.287. The first-order valence-electron chi connectivity index (χ1n) is 13.4. The highest BCUT2D eigenvalue weighted by Crippen LogP contribution is 2.32. The van der Waals surface area contributed by atoms with Gasteiger partial charge in [-0.3, -0.25) is 0 Å². The zero-order valence-electron chi connectivity index (χ0n) is 22.6. The van der Waals surface area contributed by atoms with Crippen LogP contribution < -0.4 is 10.2 Å². The Labute approximate surface area is 259 Å². The van der Waals surface area contributed by atoms with E-state index in [-0.39, 0.29) is 12.7 Å². The first-order valence-corrected chi connectivity index (χ1v) is 14.6. The molecule has 0 radical (unpaired) electrons. The number of fused-ring (bicyclic) bond motifs is 2. The second-order valence-electron chi connectivity index (χ2n) is 8.98. The number of anilines is 3. The van der Waals surface area contributed by atoms with Crippen LogP contribution in [0.25, 0.3) is 0 Å². The standard InChI is InChI=1S/C13H12ClN3.C9H11N.C4H2Cl2N2.C4H10O.CH4/c14-13-15-8-7-12(16-13)17-9-3-5-10-4-1-2-6-11(10)17;1-2-6-9-8(4-1)5-3-7-10-9;5-3-1-2-7-4(6)8-3;1-2-3-4-5;/h1-2,4,6-8H,3,5,9H2;1-2,4,6,10H,3,5,7H2;1-2H;5H,2-4H2,1H3;1H4. The largest absolute Gasteiger partial charge is 0.396 e. The highest BCUT2D eigenvalue weighted by atomic mass is 35.5. The fourth-order valence-electron chi connectivity index (χ4n) is 4.13. The fourth-order valence-corrected chi connectivity index (χ4v) is 4.60. The third-order valence-corrected chi connectivity index (χ3v) is 6.63. The Balaban J connectivity index is 0.000000210. The summed E-state index contributed by atoms with van der Waals surface area (Å²) in [5.41, 5.74) is 5.39. The minimum atomic E-state index is 0. The molecule has 2 aliphatic heterocycles. The lowest BCUT2D eigenvalue weighted by Gasteiger charge is -2.30. The quantitative estimate of drug-likeness (QED) is 0.176. The SMILES string of the molecule is C.CCCCO.Clc1ccnc(Cl)n1.Clc1nccc(N2CCCc3ccccc32)n1.c1ccc2c(c1)CCCN2. The van der Waals surface area contributed by atoms with E-state index in [9.17, 15) is 0 Å². The van der Waals surface area contributed by atoms with E-state index in [2.05, 4.69) is 85.6 Å². The number of hydrogen-bond acceptors (Lipinski definition) is 7. The number of benzene rings is 2. The van der Waals surface area contributed by atoms with Crippen molar-refractivity contribution in [3.8, 4) is 0 Å². The molecule has 4 heterocycles. The number of para-hydroxylation sites is 2. The fraction of sp³-hybridized carbons (Fsp3) is 0.355. The molecule has 10 heteroatoms. The Morgan fingerprint density at radius 1 is 0.829 bits per heavy atom. The zero-order valence-corrected chi connectivity index (χ0v) is 24.9. The van der Waals surface area contributed by atoms with Gasteiger partial charge >= 0.3 is 0 Å². The van der Waals surface area contributed by atoms with Crippen molar-refractivity contribution in [2.75, 3.05) is 29.9 Å². The van der Waals surface area contributed by atoms with Crippen molar-refractivity contribution in [3.05, 3.63) is 99.9 Å². The molecule has 0 saturated heterocycles. The van der Waals surface area contributed by atoms with Crippen LogP contribution in [0.3, 0.4) is 0 Å². The Kier molecular flexibility index (Phi) is 16.0. The van der Waals surface area contributed by atoms with Gasteiger partial charge in [-0.25, -0.2) is 19.9 Å². The maximum Gasteiger partial charge on any atom is 0.224 e. The summed E-state index contributed by atoms with van der Waals surface area (Å²) in [7, 11) is 0. The third-order valence-electron chi connectivity index (χ3n) is 6.06. The van der Waals surface area contributed by atoms with Crippen LogP contribution in [0.15, 0.2) is 73.1 Å². The van der Waals surface area contributed by atoms with Gasteiger partial charge in [-0.05, 0) is 90.7 Å². The number of unbranched alkanes of at least 4 members (excludes halogenated alkanes) is 1. The van der Waals surface area contributed by atoms with Crippen LogP contribution in [-0.4, -0.2) is 44.7 Å². The second-order valence-corrected chi connectivity index (χ2v) is 10.0. The van der Waals surface area contributed by atoms with Crippen molar-refractivity contribution in [1.29, 1.82) is 0 Å². The molecular weight excluding hydrogens is 579 g/mol. The maximum atomic E-state index is 8.07. The van der Waals surface area contributed by atoms with Gasteiger partial charge in [0.05, 0.1) is 0 Å². The van der Waals surface area contributed by atoms with E-state index in [1.807, 2.05) is 6.07 Å². The van der Waals surface area contributed by atoms with E-state index in [0.29, 0.717) is 17.0 Å². The predicted octanol–water partition coefficient (Wildman–Crippen LogP) is 8.46. The molecule has 220 valence electrons. The highest BCUT2D eigenvalue weighted by molar-refractivity contribution is 6.31. The van der Waals surface area contributed by atoms with Gasteiger partial charge in [0, 0.05) is 43.5 Å². The molecule has 0 amide bonds.